The van der Waals surface area contributed by atoms with Gasteiger partial charge in [-0.05, 0) is 32.0 Å². The predicted octanol–water partition coefficient (Wildman–Crippen LogP) is 2.82. The number of methoxy groups -OCH3 is 1. The lowest BCUT2D eigenvalue weighted by molar-refractivity contribution is 0.1000. The summed E-state index contributed by atoms with van der Waals surface area (Å²) in [6.07, 6.45) is 2.47. The van der Waals surface area contributed by atoms with Crippen LogP contribution in [0.25, 0.3) is 33.5 Å². The van der Waals surface area contributed by atoms with E-state index in [1.807, 2.05) is 24.6 Å². The minimum Gasteiger partial charge on any atom is -0.491 e. The highest BCUT2D eigenvalue weighted by Crippen LogP contribution is 2.33. The average molecular weight is 408 g/mol. The highest BCUT2D eigenvalue weighted by atomic mass is 16.5. The van der Waals surface area contributed by atoms with E-state index in [1.165, 1.54) is 0 Å². The molecule has 1 aromatic carbocycles. The molecular formula is C21H24N6O3. The second-order valence-corrected chi connectivity index (χ2v) is 7.02. The molecule has 3 aromatic heterocycles. The van der Waals surface area contributed by atoms with Crippen LogP contribution in [0.15, 0.2) is 24.4 Å². The Bertz CT molecular complexity index is 1230. The van der Waals surface area contributed by atoms with Crippen molar-refractivity contribution in [2.75, 3.05) is 20.3 Å². The molecule has 0 unspecified atom stereocenters. The van der Waals surface area contributed by atoms with Crippen molar-refractivity contribution in [3.8, 4) is 17.3 Å². The Morgan fingerprint density at radius 3 is 2.80 bits per heavy atom. The summed E-state index contributed by atoms with van der Waals surface area (Å²) in [6.45, 7) is 5.72. The molecule has 0 spiro atoms. The fourth-order valence-corrected chi connectivity index (χ4v) is 3.48. The number of carbonyl (C=O) groups is 1. The molecule has 30 heavy (non-hydrogen) atoms. The standard InChI is InChI=1S/C21H24N6O3/c1-4-27-16(8-12(2)26-27)21-23-11-15-14-9-13(19(22)28)10-17(30-7-5-6-29-3)18(14)24-20(15)25-21/h8-11H,4-7H2,1-3H3,(H2,22,28)(H,23,24,25). The number of rotatable bonds is 8. The van der Waals surface area contributed by atoms with Crippen LogP contribution in [0, 0.1) is 6.92 Å². The number of fused-ring (bicyclic) bond motifs is 3. The molecule has 0 saturated heterocycles. The van der Waals surface area contributed by atoms with Gasteiger partial charge in [0.2, 0.25) is 5.91 Å². The molecule has 4 aromatic rings. The molecule has 0 saturated carbocycles. The second kappa shape index (κ2) is 8.11. The third kappa shape index (κ3) is 3.59. The van der Waals surface area contributed by atoms with Gasteiger partial charge in [0.05, 0.1) is 17.8 Å². The van der Waals surface area contributed by atoms with Gasteiger partial charge in [0.1, 0.15) is 17.1 Å². The minimum atomic E-state index is -0.521. The van der Waals surface area contributed by atoms with Crippen molar-refractivity contribution in [2.45, 2.75) is 26.8 Å². The first-order valence-electron chi connectivity index (χ1n) is 9.80. The molecule has 1 amide bonds. The molecule has 0 aliphatic carbocycles. The van der Waals surface area contributed by atoms with Crippen molar-refractivity contribution in [1.29, 1.82) is 0 Å². The number of benzene rings is 1. The fourth-order valence-electron chi connectivity index (χ4n) is 3.48. The number of amides is 1. The maximum Gasteiger partial charge on any atom is 0.248 e. The second-order valence-electron chi connectivity index (χ2n) is 7.02. The third-order valence-corrected chi connectivity index (χ3v) is 4.89. The zero-order valence-corrected chi connectivity index (χ0v) is 17.2. The summed E-state index contributed by atoms with van der Waals surface area (Å²) >= 11 is 0. The molecule has 156 valence electrons. The Labute approximate surface area is 173 Å². The SMILES string of the molecule is CCn1nc(C)cc1-c1ncc2c(n1)[nH]c1c(OCCCOC)cc(C(N)=O)cc12. The smallest absolute Gasteiger partial charge is 0.248 e. The van der Waals surface area contributed by atoms with Gasteiger partial charge in [-0.25, -0.2) is 9.97 Å². The number of nitrogens with zero attached hydrogens (tertiary/aromatic N) is 4. The van der Waals surface area contributed by atoms with E-state index >= 15 is 0 Å². The molecule has 0 aliphatic heterocycles. The van der Waals surface area contributed by atoms with Gasteiger partial charge in [-0.15, -0.1) is 0 Å². The maximum absolute atomic E-state index is 11.8. The van der Waals surface area contributed by atoms with Crippen LogP contribution in [0.5, 0.6) is 5.75 Å². The van der Waals surface area contributed by atoms with Crippen LogP contribution in [0.2, 0.25) is 0 Å². The molecule has 3 heterocycles. The van der Waals surface area contributed by atoms with Crippen LogP contribution in [0.4, 0.5) is 0 Å². The van der Waals surface area contributed by atoms with Gasteiger partial charge in [-0.2, -0.15) is 5.10 Å². The summed E-state index contributed by atoms with van der Waals surface area (Å²) in [6, 6.07) is 5.35. The zero-order valence-electron chi connectivity index (χ0n) is 17.2. The molecule has 4 rings (SSSR count). The van der Waals surface area contributed by atoms with E-state index in [-0.39, 0.29) is 0 Å². The van der Waals surface area contributed by atoms with Gasteiger partial charge in [-0.1, -0.05) is 0 Å². The van der Waals surface area contributed by atoms with Crippen LogP contribution >= 0.6 is 0 Å². The fraction of sp³-hybridized carbons (Fsp3) is 0.333. The lowest BCUT2D eigenvalue weighted by atomic mass is 10.1. The van der Waals surface area contributed by atoms with Crippen LogP contribution in [0.3, 0.4) is 0 Å². The number of aromatic amines is 1. The molecule has 9 nitrogen and oxygen atoms in total. The topological polar surface area (TPSA) is 121 Å². The van der Waals surface area contributed by atoms with Gasteiger partial charge in [0, 0.05) is 49.2 Å². The number of ether oxygens (including phenoxy) is 2. The summed E-state index contributed by atoms with van der Waals surface area (Å²) in [4.78, 5) is 24.4. The number of nitrogens with one attached hydrogen (secondary N) is 1. The lowest BCUT2D eigenvalue weighted by Gasteiger charge is -2.08. The molecule has 0 fully saturated rings. The van der Waals surface area contributed by atoms with Gasteiger partial charge < -0.3 is 20.2 Å². The first kappa shape index (κ1) is 19.8. The molecule has 9 heteroatoms. The number of carbonyl (C=O) groups excluding carboxylic acids is 1. The van der Waals surface area contributed by atoms with Crippen LogP contribution in [-0.2, 0) is 11.3 Å². The first-order chi connectivity index (χ1) is 14.5. The van der Waals surface area contributed by atoms with E-state index in [9.17, 15) is 4.79 Å². The summed E-state index contributed by atoms with van der Waals surface area (Å²) in [5, 5.41) is 6.04. The van der Waals surface area contributed by atoms with Gasteiger partial charge in [-0.3, -0.25) is 9.48 Å². The molecule has 0 aliphatic rings. The molecule has 3 N–H and O–H groups in total. The van der Waals surface area contributed by atoms with E-state index in [4.69, 9.17) is 20.2 Å². The number of nitrogens with two attached hydrogens (primary N) is 1. The van der Waals surface area contributed by atoms with E-state index in [0.29, 0.717) is 36.0 Å². The van der Waals surface area contributed by atoms with E-state index < -0.39 is 5.91 Å². The lowest BCUT2D eigenvalue weighted by Crippen LogP contribution is -2.11. The Morgan fingerprint density at radius 2 is 2.07 bits per heavy atom. The number of H-pyrrole nitrogens is 1. The van der Waals surface area contributed by atoms with Gasteiger partial charge in [0.15, 0.2) is 5.82 Å². The normalized spacial score (nSPS) is 11.4. The summed E-state index contributed by atoms with van der Waals surface area (Å²) in [5.41, 5.74) is 9.06. The molecular weight excluding hydrogens is 384 g/mol. The first-order valence-corrected chi connectivity index (χ1v) is 9.80. The van der Waals surface area contributed by atoms with Crippen molar-refractivity contribution in [1.82, 2.24) is 24.7 Å². The van der Waals surface area contributed by atoms with Gasteiger partial charge >= 0.3 is 0 Å². The number of aryl methyl sites for hydroxylation is 2. The quantitative estimate of drug-likeness (QED) is 0.433. The van der Waals surface area contributed by atoms with E-state index in [0.717, 1.165) is 40.6 Å². The Balaban J connectivity index is 1.83. The minimum absolute atomic E-state index is 0.369. The van der Waals surface area contributed by atoms with Crippen molar-refractivity contribution in [3.05, 3.63) is 35.7 Å². The van der Waals surface area contributed by atoms with Crippen LogP contribution in [0.1, 0.15) is 29.4 Å². The van der Waals surface area contributed by atoms with Crippen molar-refractivity contribution >= 4 is 27.8 Å². The molecule has 0 atom stereocenters. The number of hydrogen-bond acceptors (Lipinski definition) is 6. The summed E-state index contributed by atoms with van der Waals surface area (Å²) in [7, 11) is 1.64. The Kier molecular flexibility index (Phi) is 5.37. The highest BCUT2D eigenvalue weighted by Gasteiger charge is 2.17. The highest BCUT2D eigenvalue weighted by molar-refractivity contribution is 6.11. The summed E-state index contributed by atoms with van der Waals surface area (Å²) < 4.78 is 12.9. The predicted molar refractivity (Wildman–Crippen MR) is 114 cm³/mol. The van der Waals surface area contributed by atoms with E-state index in [1.54, 1.807) is 25.4 Å². The monoisotopic (exact) mass is 408 g/mol. The van der Waals surface area contributed by atoms with Crippen molar-refractivity contribution in [2.24, 2.45) is 5.73 Å². The van der Waals surface area contributed by atoms with Crippen molar-refractivity contribution < 1.29 is 14.3 Å². The maximum atomic E-state index is 11.8. The Morgan fingerprint density at radius 1 is 1.23 bits per heavy atom. The largest absolute Gasteiger partial charge is 0.491 e. The van der Waals surface area contributed by atoms with Crippen LogP contribution in [-0.4, -0.2) is 51.0 Å². The summed E-state index contributed by atoms with van der Waals surface area (Å²) in [5.74, 6) is 0.605. The number of aromatic nitrogens is 5. The van der Waals surface area contributed by atoms with Gasteiger partial charge in [0.25, 0.3) is 0 Å². The van der Waals surface area contributed by atoms with Crippen molar-refractivity contribution in [3.63, 3.8) is 0 Å². The molecule has 0 radical (unpaired) electrons. The molecule has 0 bridgehead atoms. The number of hydrogen-bond donors (Lipinski definition) is 2. The van der Waals surface area contributed by atoms with E-state index in [2.05, 4.69) is 15.1 Å². The Hall–Kier alpha value is -3.46. The third-order valence-electron chi connectivity index (χ3n) is 4.89. The number of primary amides is 1. The average Bonchev–Trinajstić information content (AvgIpc) is 3.30. The zero-order chi connectivity index (χ0) is 21.3. The van der Waals surface area contributed by atoms with Crippen LogP contribution < -0.4 is 10.5 Å².